The first kappa shape index (κ1) is 32.1. The predicted octanol–water partition coefficient (Wildman–Crippen LogP) is 2.71. The molecule has 13 heteroatoms. The first-order valence-corrected chi connectivity index (χ1v) is 14.6. The summed E-state index contributed by atoms with van der Waals surface area (Å²) in [5.41, 5.74) is 4.67. The van der Waals surface area contributed by atoms with Crippen LogP contribution in [0.15, 0.2) is 53.5 Å². The number of ether oxygens (including phenoxy) is 2. The first-order chi connectivity index (χ1) is 20.9. The predicted molar refractivity (Wildman–Crippen MR) is 164 cm³/mol. The normalized spacial score (nSPS) is 21.5. The minimum Gasteiger partial charge on any atom is -0.394 e. The highest BCUT2D eigenvalue weighted by molar-refractivity contribution is 9.10. The number of aliphatic hydroxyl groups excluding tert-OH is 2. The van der Waals surface area contributed by atoms with Gasteiger partial charge in [-0.05, 0) is 54.0 Å². The van der Waals surface area contributed by atoms with E-state index >= 15 is 0 Å². The molecule has 0 radical (unpaired) electrons. The number of nitriles is 2. The summed E-state index contributed by atoms with van der Waals surface area (Å²) >= 11 is 3.35. The van der Waals surface area contributed by atoms with Crippen molar-refractivity contribution in [2.24, 2.45) is 0 Å². The zero-order valence-electron chi connectivity index (χ0n) is 23.9. The molecule has 4 atom stereocenters. The summed E-state index contributed by atoms with van der Waals surface area (Å²) in [5, 5.41) is 39.1. The Morgan fingerprint density at radius 3 is 1.93 bits per heavy atom. The number of aromatic nitrogens is 4. The molecule has 0 unspecified atom stereocenters. The maximum atomic E-state index is 9.35. The van der Waals surface area contributed by atoms with Gasteiger partial charge in [0.1, 0.15) is 34.2 Å². The molecule has 3 N–H and O–H groups in total. The van der Waals surface area contributed by atoms with E-state index in [-0.39, 0.29) is 37.6 Å². The van der Waals surface area contributed by atoms with Crippen molar-refractivity contribution < 1.29 is 19.7 Å². The third-order valence-electron chi connectivity index (χ3n) is 6.72. The molecular formula is C30H33BrN8O4. The third kappa shape index (κ3) is 8.18. The van der Waals surface area contributed by atoms with Crippen LogP contribution in [-0.4, -0.2) is 94.0 Å². The average molecular weight is 650 g/mol. The van der Waals surface area contributed by atoms with Gasteiger partial charge >= 0.3 is 0 Å². The molecule has 2 aliphatic rings. The van der Waals surface area contributed by atoms with Crippen LogP contribution in [0.5, 0.6) is 0 Å². The zero-order chi connectivity index (χ0) is 30.8. The quantitative estimate of drug-likeness (QED) is 0.297. The molecule has 2 aromatic heterocycles. The fourth-order valence-corrected chi connectivity index (χ4v) is 5.25. The second-order valence-electron chi connectivity index (χ2n) is 10.0. The van der Waals surface area contributed by atoms with Gasteiger partial charge in [-0.3, -0.25) is 19.9 Å². The number of benzene rings is 2. The molecule has 2 fully saturated rings. The van der Waals surface area contributed by atoms with Gasteiger partial charge in [-0.1, -0.05) is 0 Å². The van der Waals surface area contributed by atoms with Crippen molar-refractivity contribution in [3.63, 3.8) is 0 Å². The number of morpholine rings is 2. The van der Waals surface area contributed by atoms with E-state index < -0.39 is 0 Å². The molecule has 0 spiro atoms. The standard InChI is InChI=1S/C15H16N4O2.C9H4BrN3.C6H13NO2/c1-10-7-19(8-12(9-20)21-10)13-3-2-11(6-16)14-15(13)18-5-4-17-14;10-7-2-1-6(5-11)8-9(7)13-4-3-12-8;1-5-2-7-3-6(4-8)9-5/h2-5,10,12,20H,7-9H2,1H3;1-4H;5-8H,2-4H2,1H3/t10-,12-;;5-,6-/m1.1/s1. The van der Waals surface area contributed by atoms with Gasteiger partial charge < -0.3 is 29.9 Å². The van der Waals surface area contributed by atoms with E-state index in [0.29, 0.717) is 40.8 Å². The number of hydrogen-bond donors (Lipinski definition) is 3. The number of halogens is 1. The Hall–Kier alpha value is -3.82. The van der Waals surface area contributed by atoms with Gasteiger partial charge in [0.05, 0.1) is 54.4 Å². The highest BCUT2D eigenvalue weighted by Gasteiger charge is 2.26. The third-order valence-corrected chi connectivity index (χ3v) is 7.36. The molecule has 4 aromatic rings. The summed E-state index contributed by atoms with van der Waals surface area (Å²) in [4.78, 5) is 19.0. The molecule has 6 rings (SSSR count). The fourth-order valence-electron chi connectivity index (χ4n) is 4.83. The van der Waals surface area contributed by atoms with Crippen molar-refractivity contribution in [3.05, 3.63) is 64.7 Å². The second-order valence-corrected chi connectivity index (χ2v) is 10.9. The van der Waals surface area contributed by atoms with Crippen LogP contribution in [0, 0.1) is 22.7 Å². The fraction of sp³-hybridized carbons (Fsp3) is 0.400. The van der Waals surface area contributed by atoms with E-state index in [1.807, 2.05) is 19.9 Å². The molecule has 4 heterocycles. The van der Waals surface area contributed by atoms with Crippen molar-refractivity contribution in [2.75, 3.05) is 44.3 Å². The van der Waals surface area contributed by atoms with Gasteiger partial charge in [-0.2, -0.15) is 10.5 Å². The van der Waals surface area contributed by atoms with E-state index in [9.17, 15) is 10.4 Å². The summed E-state index contributed by atoms with van der Waals surface area (Å²) < 4.78 is 11.8. The molecule has 0 bridgehead atoms. The Morgan fingerprint density at radius 1 is 0.791 bits per heavy atom. The van der Waals surface area contributed by atoms with Crippen molar-refractivity contribution in [2.45, 2.75) is 38.3 Å². The molecule has 0 amide bonds. The Balaban J connectivity index is 0.000000163. The van der Waals surface area contributed by atoms with E-state index in [1.54, 1.807) is 43.0 Å². The van der Waals surface area contributed by atoms with Crippen LogP contribution in [0.1, 0.15) is 25.0 Å². The largest absolute Gasteiger partial charge is 0.394 e. The highest BCUT2D eigenvalue weighted by Crippen LogP contribution is 2.28. The maximum Gasteiger partial charge on any atom is 0.113 e. The van der Waals surface area contributed by atoms with Crippen molar-refractivity contribution in [3.8, 4) is 12.1 Å². The summed E-state index contributed by atoms with van der Waals surface area (Å²) in [7, 11) is 0. The summed E-state index contributed by atoms with van der Waals surface area (Å²) in [6.07, 6.45) is 6.47. The van der Waals surface area contributed by atoms with Crippen LogP contribution >= 0.6 is 15.9 Å². The van der Waals surface area contributed by atoms with Crippen LogP contribution in [0.2, 0.25) is 0 Å². The summed E-state index contributed by atoms with van der Waals surface area (Å²) in [5.74, 6) is 0. The zero-order valence-corrected chi connectivity index (χ0v) is 25.5. The van der Waals surface area contributed by atoms with Crippen LogP contribution in [0.25, 0.3) is 22.1 Å². The highest BCUT2D eigenvalue weighted by atomic mass is 79.9. The number of hydrogen-bond acceptors (Lipinski definition) is 12. The molecule has 43 heavy (non-hydrogen) atoms. The monoisotopic (exact) mass is 648 g/mol. The van der Waals surface area contributed by atoms with E-state index in [2.05, 4.69) is 58.2 Å². The number of rotatable bonds is 3. The minimum atomic E-state index is -0.212. The molecule has 0 saturated carbocycles. The number of nitrogens with one attached hydrogen (secondary N) is 1. The van der Waals surface area contributed by atoms with Gasteiger partial charge in [-0.15, -0.1) is 0 Å². The van der Waals surface area contributed by atoms with Crippen molar-refractivity contribution >= 4 is 43.7 Å². The number of fused-ring (bicyclic) bond motifs is 2. The molecule has 2 saturated heterocycles. The van der Waals surface area contributed by atoms with Crippen LogP contribution < -0.4 is 10.2 Å². The Morgan fingerprint density at radius 2 is 1.35 bits per heavy atom. The summed E-state index contributed by atoms with van der Waals surface area (Å²) in [6, 6.07) is 11.4. The number of aliphatic hydroxyl groups is 2. The van der Waals surface area contributed by atoms with Gasteiger partial charge in [0.25, 0.3) is 0 Å². The lowest BCUT2D eigenvalue weighted by Gasteiger charge is -2.37. The molecule has 12 nitrogen and oxygen atoms in total. The van der Waals surface area contributed by atoms with E-state index in [4.69, 9.17) is 19.8 Å². The first-order valence-electron chi connectivity index (χ1n) is 13.8. The maximum absolute atomic E-state index is 9.35. The average Bonchev–Trinajstić information content (AvgIpc) is 3.05. The van der Waals surface area contributed by atoms with Gasteiger partial charge in [0, 0.05) is 55.4 Å². The van der Waals surface area contributed by atoms with Crippen LogP contribution in [-0.2, 0) is 9.47 Å². The molecule has 224 valence electrons. The Labute approximate surface area is 258 Å². The number of nitrogens with zero attached hydrogens (tertiary/aromatic N) is 7. The Bertz CT molecular complexity index is 1610. The molecule has 2 aromatic carbocycles. The van der Waals surface area contributed by atoms with Crippen molar-refractivity contribution in [1.29, 1.82) is 10.5 Å². The lowest BCUT2D eigenvalue weighted by atomic mass is 10.1. The number of anilines is 1. The molecular weight excluding hydrogens is 616 g/mol. The minimum absolute atomic E-state index is 0.00810. The van der Waals surface area contributed by atoms with E-state index in [0.717, 1.165) is 28.8 Å². The van der Waals surface area contributed by atoms with Gasteiger partial charge in [-0.25, -0.2) is 0 Å². The van der Waals surface area contributed by atoms with Gasteiger partial charge in [0.15, 0.2) is 0 Å². The second kappa shape index (κ2) is 15.6. The summed E-state index contributed by atoms with van der Waals surface area (Å²) in [6.45, 7) is 7.07. The topological polar surface area (TPSA) is 173 Å². The van der Waals surface area contributed by atoms with Crippen molar-refractivity contribution in [1.82, 2.24) is 25.3 Å². The van der Waals surface area contributed by atoms with Gasteiger partial charge in [0.2, 0.25) is 0 Å². The SMILES string of the molecule is C[C@@H]1CN(c2ccc(C#N)c3nccnc23)C[C@H](CO)O1.C[C@@H]1CNC[C@H](CO)O1.N#Cc1ccc(Br)c2nccnc12. The van der Waals surface area contributed by atoms with Crippen LogP contribution in [0.4, 0.5) is 5.69 Å². The molecule has 2 aliphatic heterocycles. The van der Waals surface area contributed by atoms with Crippen LogP contribution in [0.3, 0.4) is 0 Å². The lowest BCUT2D eigenvalue weighted by molar-refractivity contribution is -0.0518. The lowest BCUT2D eigenvalue weighted by Crippen LogP contribution is -2.48. The van der Waals surface area contributed by atoms with E-state index in [1.165, 1.54) is 0 Å². The molecule has 0 aliphatic carbocycles. The smallest absolute Gasteiger partial charge is 0.113 e. The Kier molecular flexibility index (Phi) is 11.6.